The first kappa shape index (κ1) is 8.95. The predicted molar refractivity (Wildman–Crippen MR) is 48.7 cm³/mol. The molecule has 1 aliphatic rings. The second kappa shape index (κ2) is 3.62. The van der Waals surface area contributed by atoms with Crippen LogP contribution in [-0.2, 0) is 13.1 Å². The number of amidine groups is 1. The summed E-state index contributed by atoms with van der Waals surface area (Å²) >= 11 is 0. The van der Waals surface area contributed by atoms with Gasteiger partial charge in [0, 0.05) is 13.1 Å². The van der Waals surface area contributed by atoms with Crippen molar-refractivity contribution in [1.29, 1.82) is 0 Å². The molecule has 0 aromatic carbocycles. The van der Waals surface area contributed by atoms with Crippen LogP contribution in [0.25, 0.3) is 0 Å². The van der Waals surface area contributed by atoms with Crippen LogP contribution < -0.4 is 5.73 Å². The van der Waals surface area contributed by atoms with Crippen molar-refractivity contribution in [1.82, 2.24) is 19.7 Å². The van der Waals surface area contributed by atoms with Crippen molar-refractivity contribution in [2.45, 2.75) is 13.1 Å². The minimum absolute atomic E-state index is 0.220. The zero-order valence-corrected chi connectivity index (χ0v) is 7.67. The molecule has 0 saturated carbocycles. The number of hydrogen-bond acceptors (Lipinski definition) is 5. The van der Waals surface area contributed by atoms with Gasteiger partial charge in [0.05, 0.1) is 13.1 Å². The lowest BCUT2D eigenvalue weighted by molar-refractivity contribution is 0.240. The summed E-state index contributed by atoms with van der Waals surface area (Å²) < 4.78 is 2.00. The van der Waals surface area contributed by atoms with Crippen LogP contribution in [0.3, 0.4) is 0 Å². The van der Waals surface area contributed by atoms with Gasteiger partial charge in [0.2, 0.25) is 0 Å². The van der Waals surface area contributed by atoms with E-state index in [2.05, 4.69) is 20.3 Å². The van der Waals surface area contributed by atoms with Crippen LogP contribution in [0.2, 0.25) is 0 Å². The van der Waals surface area contributed by atoms with Crippen molar-refractivity contribution in [3.8, 4) is 0 Å². The average molecular weight is 196 g/mol. The Balaban J connectivity index is 2.01. The van der Waals surface area contributed by atoms with Gasteiger partial charge in [-0.05, 0) is 0 Å². The standard InChI is InChI=1S/C7H12N6O/c8-6(11-14)3-12-1-2-13-5-9-10-7(13)4-12/h5,14H,1-4H2,(H2,8,11). The SMILES string of the molecule is NC(CN1CCn2cnnc2C1)=NO. The van der Waals surface area contributed by atoms with Crippen LogP contribution >= 0.6 is 0 Å². The Morgan fingerprint density at radius 3 is 3.29 bits per heavy atom. The monoisotopic (exact) mass is 196 g/mol. The fourth-order valence-corrected chi connectivity index (χ4v) is 1.51. The summed E-state index contributed by atoms with van der Waals surface area (Å²) in [5.41, 5.74) is 5.41. The second-order valence-corrected chi connectivity index (χ2v) is 3.24. The molecule has 0 bridgehead atoms. The third kappa shape index (κ3) is 1.67. The Morgan fingerprint density at radius 1 is 1.64 bits per heavy atom. The van der Waals surface area contributed by atoms with Crippen LogP contribution in [0.15, 0.2) is 11.5 Å². The molecule has 1 aromatic heterocycles. The second-order valence-electron chi connectivity index (χ2n) is 3.24. The number of oxime groups is 1. The molecule has 7 heteroatoms. The molecule has 2 heterocycles. The average Bonchev–Trinajstić information content (AvgIpc) is 2.64. The molecule has 14 heavy (non-hydrogen) atoms. The number of aromatic nitrogens is 3. The molecular formula is C7H12N6O. The maximum atomic E-state index is 8.42. The van der Waals surface area contributed by atoms with Gasteiger partial charge in [-0.3, -0.25) is 4.90 Å². The number of rotatable bonds is 2. The Hall–Kier alpha value is -1.63. The fraction of sp³-hybridized carbons (Fsp3) is 0.571. The fourth-order valence-electron chi connectivity index (χ4n) is 1.51. The molecule has 0 saturated heterocycles. The molecule has 0 atom stereocenters. The maximum absolute atomic E-state index is 8.42. The smallest absolute Gasteiger partial charge is 0.153 e. The Labute approximate surface area is 80.8 Å². The zero-order chi connectivity index (χ0) is 9.97. The minimum Gasteiger partial charge on any atom is -0.409 e. The molecule has 3 N–H and O–H groups in total. The third-order valence-corrected chi connectivity index (χ3v) is 2.23. The van der Waals surface area contributed by atoms with E-state index in [-0.39, 0.29) is 5.84 Å². The highest BCUT2D eigenvalue weighted by atomic mass is 16.4. The van der Waals surface area contributed by atoms with Crippen LogP contribution in [0, 0.1) is 0 Å². The number of fused-ring (bicyclic) bond motifs is 1. The van der Waals surface area contributed by atoms with Gasteiger partial charge >= 0.3 is 0 Å². The van der Waals surface area contributed by atoms with E-state index in [0.29, 0.717) is 13.1 Å². The van der Waals surface area contributed by atoms with E-state index < -0.39 is 0 Å². The first-order valence-electron chi connectivity index (χ1n) is 4.35. The summed E-state index contributed by atoms with van der Waals surface area (Å²) in [6.07, 6.45) is 1.72. The van der Waals surface area contributed by atoms with E-state index in [9.17, 15) is 0 Å². The summed E-state index contributed by atoms with van der Waals surface area (Å²) in [6.45, 7) is 2.86. The van der Waals surface area contributed by atoms with E-state index in [1.165, 1.54) is 0 Å². The lowest BCUT2D eigenvalue weighted by atomic mass is 10.3. The van der Waals surface area contributed by atoms with E-state index in [1.807, 2.05) is 4.57 Å². The molecular weight excluding hydrogens is 184 g/mol. The topological polar surface area (TPSA) is 92.6 Å². The highest BCUT2D eigenvalue weighted by Crippen LogP contribution is 2.07. The summed E-state index contributed by atoms with van der Waals surface area (Å²) in [5, 5.41) is 19.1. The molecule has 0 amide bonds. The van der Waals surface area contributed by atoms with Crippen LogP contribution in [0.1, 0.15) is 5.82 Å². The first-order chi connectivity index (χ1) is 6.79. The molecule has 0 radical (unpaired) electrons. The van der Waals surface area contributed by atoms with E-state index in [4.69, 9.17) is 10.9 Å². The van der Waals surface area contributed by atoms with Crippen molar-refractivity contribution in [3.05, 3.63) is 12.2 Å². The highest BCUT2D eigenvalue weighted by molar-refractivity contribution is 5.81. The van der Waals surface area contributed by atoms with Crippen molar-refractivity contribution in [3.63, 3.8) is 0 Å². The predicted octanol–water partition coefficient (Wildman–Crippen LogP) is -1.16. The van der Waals surface area contributed by atoms with Crippen LogP contribution in [0.5, 0.6) is 0 Å². The van der Waals surface area contributed by atoms with Crippen molar-refractivity contribution in [2.75, 3.05) is 13.1 Å². The molecule has 7 nitrogen and oxygen atoms in total. The van der Waals surface area contributed by atoms with Crippen LogP contribution in [0.4, 0.5) is 0 Å². The van der Waals surface area contributed by atoms with Gasteiger partial charge in [-0.25, -0.2) is 0 Å². The van der Waals surface area contributed by atoms with Gasteiger partial charge in [0.1, 0.15) is 12.2 Å². The van der Waals surface area contributed by atoms with E-state index in [0.717, 1.165) is 18.9 Å². The highest BCUT2D eigenvalue weighted by Gasteiger charge is 2.17. The summed E-state index contributed by atoms with van der Waals surface area (Å²) in [5.74, 6) is 1.14. The molecule has 0 unspecified atom stereocenters. The Kier molecular flexibility index (Phi) is 2.32. The molecule has 2 rings (SSSR count). The normalized spacial score (nSPS) is 18.1. The third-order valence-electron chi connectivity index (χ3n) is 2.23. The molecule has 76 valence electrons. The van der Waals surface area contributed by atoms with Gasteiger partial charge in [-0.15, -0.1) is 10.2 Å². The minimum atomic E-state index is 0.220. The molecule has 0 spiro atoms. The van der Waals surface area contributed by atoms with Gasteiger partial charge < -0.3 is 15.5 Å². The van der Waals surface area contributed by atoms with E-state index in [1.54, 1.807) is 6.33 Å². The number of hydrogen-bond donors (Lipinski definition) is 2. The van der Waals surface area contributed by atoms with Crippen LogP contribution in [-0.4, -0.2) is 43.8 Å². The lowest BCUT2D eigenvalue weighted by Gasteiger charge is -2.25. The Morgan fingerprint density at radius 2 is 2.50 bits per heavy atom. The zero-order valence-electron chi connectivity index (χ0n) is 7.67. The van der Waals surface area contributed by atoms with Gasteiger partial charge in [-0.2, -0.15) is 0 Å². The summed E-state index contributed by atoms with van der Waals surface area (Å²) in [6, 6.07) is 0. The molecule has 1 aliphatic heterocycles. The maximum Gasteiger partial charge on any atom is 0.153 e. The number of nitrogens with two attached hydrogens (primary N) is 1. The number of nitrogens with zero attached hydrogens (tertiary/aromatic N) is 5. The van der Waals surface area contributed by atoms with E-state index >= 15 is 0 Å². The molecule has 1 aromatic rings. The lowest BCUT2D eigenvalue weighted by Crippen LogP contribution is -2.39. The van der Waals surface area contributed by atoms with Crippen molar-refractivity contribution >= 4 is 5.84 Å². The largest absolute Gasteiger partial charge is 0.409 e. The van der Waals surface area contributed by atoms with Crippen molar-refractivity contribution < 1.29 is 5.21 Å². The van der Waals surface area contributed by atoms with Gasteiger partial charge in [0.15, 0.2) is 5.84 Å². The summed E-state index contributed by atoms with van der Waals surface area (Å²) in [7, 11) is 0. The molecule has 0 aliphatic carbocycles. The first-order valence-corrected chi connectivity index (χ1v) is 4.35. The quantitative estimate of drug-likeness (QED) is 0.269. The summed E-state index contributed by atoms with van der Waals surface area (Å²) in [4.78, 5) is 2.05. The van der Waals surface area contributed by atoms with Gasteiger partial charge in [0.25, 0.3) is 0 Å². The van der Waals surface area contributed by atoms with Crippen molar-refractivity contribution in [2.24, 2.45) is 10.9 Å². The molecule has 0 fully saturated rings. The Bertz CT molecular complexity index is 346. The van der Waals surface area contributed by atoms with Gasteiger partial charge in [-0.1, -0.05) is 5.16 Å².